The molecule has 0 unspecified atom stereocenters. The second kappa shape index (κ2) is 6.95. The highest BCUT2D eigenvalue weighted by molar-refractivity contribution is 7.17. The van der Waals surface area contributed by atoms with E-state index in [9.17, 15) is 14.4 Å². The largest absolute Gasteiger partial charge is 0.489 e. The van der Waals surface area contributed by atoms with E-state index in [1.807, 2.05) is 11.0 Å². The van der Waals surface area contributed by atoms with Gasteiger partial charge in [-0.25, -0.2) is 4.98 Å². The van der Waals surface area contributed by atoms with Gasteiger partial charge < -0.3 is 9.64 Å². The minimum Gasteiger partial charge on any atom is -0.489 e. The standard InChI is InChI=1S/C21H23N3O4S/c1-12(25)24(13(2)26)14-5-6-16-18(9-14)28-8-7-23(16)20-22-15-10-21(3,4)11-17(27)19(15)29-20/h5-6,9H,7-8,10-11H2,1-4H3. The summed E-state index contributed by atoms with van der Waals surface area (Å²) in [6.07, 6.45) is 1.32. The van der Waals surface area contributed by atoms with Crippen molar-refractivity contribution < 1.29 is 19.1 Å². The molecule has 0 radical (unpaired) electrons. The fraction of sp³-hybridized carbons (Fsp3) is 0.429. The van der Waals surface area contributed by atoms with Crippen LogP contribution in [-0.2, 0) is 16.0 Å². The zero-order valence-electron chi connectivity index (χ0n) is 16.9. The second-order valence-corrected chi connectivity index (χ2v) is 9.22. The van der Waals surface area contributed by atoms with Gasteiger partial charge >= 0.3 is 0 Å². The van der Waals surface area contributed by atoms with Crippen molar-refractivity contribution in [2.45, 2.75) is 40.5 Å². The number of hydrogen-bond donors (Lipinski definition) is 0. The van der Waals surface area contributed by atoms with Crippen molar-refractivity contribution in [3.05, 3.63) is 28.8 Å². The molecule has 0 bridgehead atoms. The monoisotopic (exact) mass is 413 g/mol. The lowest BCUT2D eigenvalue weighted by Crippen LogP contribution is -2.33. The first-order chi connectivity index (χ1) is 13.7. The normalized spacial score (nSPS) is 17.2. The molecule has 1 aliphatic heterocycles. The van der Waals surface area contributed by atoms with Crippen molar-refractivity contribution in [3.8, 4) is 5.75 Å². The molecule has 8 heteroatoms. The Morgan fingerprint density at radius 3 is 2.62 bits per heavy atom. The van der Waals surface area contributed by atoms with Gasteiger partial charge in [0.05, 0.1) is 28.5 Å². The van der Waals surface area contributed by atoms with Crippen LogP contribution in [0.2, 0.25) is 0 Å². The Morgan fingerprint density at radius 2 is 1.93 bits per heavy atom. The highest BCUT2D eigenvalue weighted by atomic mass is 32.1. The molecule has 1 aromatic carbocycles. The van der Waals surface area contributed by atoms with Crippen LogP contribution in [0.15, 0.2) is 18.2 Å². The van der Waals surface area contributed by atoms with Crippen molar-refractivity contribution in [2.24, 2.45) is 5.41 Å². The van der Waals surface area contributed by atoms with E-state index in [2.05, 4.69) is 13.8 Å². The van der Waals surface area contributed by atoms with E-state index in [0.29, 0.717) is 31.0 Å². The predicted molar refractivity (Wildman–Crippen MR) is 111 cm³/mol. The second-order valence-electron chi connectivity index (χ2n) is 8.24. The molecule has 0 saturated carbocycles. The molecule has 152 valence electrons. The number of Topliss-reactive ketones (excluding diaryl/α,β-unsaturated/α-hetero) is 1. The zero-order valence-corrected chi connectivity index (χ0v) is 17.8. The summed E-state index contributed by atoms with van der Waals surface area (Å²) in [5.41, 5.74) is 2.08. The number of hydrogen-bond acceptors (Lipinski definition) is 7. The van der Waals surface area contributed by atoms with Crippen LogP contribution in [0.5, 0.6) is 5.75 Å². The number of aromatic nitrogens is 1. The fourth-order valence-corrected chi connectivity index (χ4v) is 5.01. The lowest BCUT2D eigenvalue weighted by atomic mass is 9.78. The number of nitrogens with zero attached hydrogens (tertiary/aromatic N) is 3. The van der Waals surface area contributed by atoms with Gasteiger partial charge in [0.25, 0.3) is 0 Å². The Labute approximate surface area is 173 Å². The molecule has 0 saturated heterocycles. The first kappa shape index (κ1) is 19.6. The number of imide groups is 1. The van der Waals surface area contributed by atoms with Crippen LogP contribution in [-0.4, -0.2) is 35.7 Å². The SMILES string of the molecule is CC(=O)N(C(C)=O)c1ccc2c(c1)OCCN2c1nc2c(s1)C(=O)CC(C)(C)C2. The Morgan fingerprint density at radius 1 is 1.21 bits per heavy atom. The average Bonchev–Trinajstić information content (AvgIpc) is 3.03. The molecule has 0 fully saturated rings. The number of fused-ring (bicyclic) bond motifs is 2. The van der Waals surface area contributed by atoms with Crippen LogP contribution in [0.1, 0.15) is 49.5 Å². The summed E-state index contributed by atoms with van der Waals surface area (Å²) in [5, 5.41) is 0.772. The van der Waals surface area contributed by atoms with Crippen LogP contribution >= 0.6 is 11.3 Å². The van der Waals surface area contributed by atoms with Crippen LogP contribution in [0, 0.1) is 5.41 Å². The lowest BCUT2D eigenvalue weighted by Gasteiger charge is -2.30. The topological polar surface area (TPSA) is 79.8 Å². The van der Waals surface area contributed by atoms with Gasteiger partial charge in [-0.3, -0.25) is 19.3 Å². The van der Waals surface area contributed by atoms with Gasteiger partial charge in [-0.15, -0.1) is 0 Å². The molecule has 7 nitrogen and oxygen atoms in total. The molecule has 0 N–H and O–H groups in total. The number of carbonyl (C=O) groups excluding carboxylic acids is 3. The van der Waals surface area contributed by atoms with E-state index in [4.69, 9.17) is 9.72 Å². The molecule has 29 heavy (non-hydrogen) atoms. The molecule has 2 heterocycles. The molecular weight excluding hydrogens is 390 g/mol. The molecule has 1 aromatic heterocycles. The highest BCUT2D eigenvalue weighted by Gasteiger charge is 2.35. The Hall–Kier alpha value is -2.74. The molecule has 2 aliphatic rings. The third-order valence-corrected chi connectivity index (χ3v) is 6.31. The molecule has 2 amide bonds. The minimum atomic E-state index is -0.348. The maximum atomic E-state index is 12.5. The smallest absolute Gasteiger partial charge is 0.230 e. The number of rotatable bonds is 2. The quantitative estimate of drug-likeness (QED) is 0.746. The molecule has 1 aliphatic carbocycles. The average molecular weight is 413 g/mol. The fourth-order valence-electron chi connectivity index (χ4n) is 3.95. The summed E-state index contributed by atoms with van der Waals surface area (Å²) >= 11 is 1.43. The van der Waals surface area contributed by atoms with Crippen molar-refractivity contribution in [2.75, 3.05) is 23.0 Å². The van der Waals surface area contributed by atoms with E-state index < -0.39 is 0 Å². The summed E-state index contributed by atoms with van der Waals surface area (Å²) in [4.78, 5) is 44.9. The van der Waals surface area contributed by atoms with Crippen LogP contribution in [0.4, 0.5) is 16.5 Å². The van der Waals surface area contributed by atoms with Crippen molar-refractivity contribution in [1.29, 1.82) is 0 Å². The minimum absolute atomic E-state index is 0.0733. The van der Waals surface area contributed by atoms with Crippen molar-refractivity contribution >= 4 is 45.4 Å². The van der Waals surface area contributed by atoms with E-state index in [-0.39, 0.29) is 23.0 Å². The van der Waals surface area contributed by atoms with Gasteiger partial charge in [-0.2, -0.15) is 0 Å². The van der Waals surface area contributed by atoms with Gasteiger partial charge in [0.2, 0.25) is 11.8 Å². The first-order valence-corrected chi connectivity index (χ1v) is 10.4. The summed E-state index contributed by atoms with van der Waals surface area (Å²) in [6.45, 7) is 7.95. The third-order valence-electron chi connectivity index (χ3n) is 5.15. The van der Waals surface area contributed by atoms with E-state index in [1.165, 1.54) is 25.2 Å². The van der Waals surface area contributed by atoms with Gasteiger partial charge in [0.15, 0.2) is 10.9 Å². The Kier molecular flexibility index (Phi) is 4.69. The molecular formula is C21H23N3O4S. The van der Waals surface area contributed by atoms with E-state index in [0.717, 1.165) is 32.7 Å². The zero-order chi connectivity index (χ0) is 20.9. The number of amides is 2. The Balaban J connectivity index is 1.71. The van der Waals surface area contributed by atoms with Gasteiger partial charge in [0.1, 0.15) is 12.4 Å². The molecule has 0 spiro atoms. The first-order valence-electron chi connectivity index (χ1n) is 9.55. The molecule has 4 rings (SSSR count). The highest BCUT2D eigenvalue weighted by Crippen LogP contribution is 2.44. The predicted octanol–water partition coefficient (Wildman–Crippen LogP) is 3.73. The molecule has 2 aromatic rings. The summed E-state index contributed by atoms with van der Waals surface area (Å²) < 4.78 is 5.80. The number of anilines is 3. The van der Waals surface area contributed by atoms with Gasteiger partial charge in [0, 0.05) is 26.3 Å². The molecule has 0 atom stereocenters. The summed E-state index contributed by atoms with van der Waals surface area (Å²) in [7, 11) is 0. The van der Waals surface area contributed by atoms with Gasteiger partial charge in [-0.1, -0.05) is 25.2 Å². The number of benzene rings is 1. The Bertz CT molecular complexity index is 1010. The third kappa shape index (κ3) is 3.53. The van der Waals surface area contributed by atoms with E-state index in [1.54, 1.807) is 12.1 Å². The van der Waals surface area contributed by atoms with Crippen LogP contribution in [0.25, 0.3) is 0 Å². The maximum absolute atomic E-state index is 12.5. The number of carbonyl (C=O) groups is 3. The number of ketones is 1. The van der Waals surface area contributed by atoms with Crippen LogP contribution < -0.4 is 14.5 Å². The van der Waals surface area contributed by atoms with Crippen molar-refractivity contribution in [1.82, 2.24) is 4.98 Å². The maximum Gasteiger partial charge on any atom is 0.230 e. The summed E-state index contributed by atoms with van der Waals surface area (Å²) in [6, 6.07) is 5.26. The van der Waals surface area contributed by atoms with Crippen molar-refractivity contribution in [3.63, 3.8) is 0 Å². The van der Waals surface area contributed by atoms with E-state index >= 15 is 0 Å². The van der Waals surface area contributed by atoms with Gasteiger partial charge in [-0.05, 0) is 24.0 Å². The summed E-state index contributed by atoms with van der Waals surface area (Å²) in [5.74, 6) is 0.0427. The van der Waals surface area contributed by atoms with Crippen LogP contribution in [0.3, 0.4) is 0 Å². The number of ether oxygens (including phenoxy) is 1. The lowest BCUT2D eigenvalue weighted by molar-refractivity contribution is -0.124. The number of thiazole rings is 1.